The lowest BCUT2D eigenvalue weighted by atomic mass is 9.90. The lowest BCUT2D eigenvalue weighted by Gasteiger charge is -2.21. The van der Waals surface area contributed by atoms with E-state index in [1.165, 1.54) is 8.05 Å². The first kappa shape index (κ1) is 14.6. The Morgan fingerprint density at radius 1 is 1.50 bits per heavy atom. The molecule has 1 aromatic carbocycles. The molecule has 1 saturated heterocycles. The van der Waals surface area contributed by atoms with E-state index in [2.05, 4.69) is 0 Å². The smallest absolute Gasteiger partial charge is 0.323 e. The van der Waals surface area contributed by atoms with Crippen LogP contribution in [0.1, 0.15) is 25.3 Å². The largest absolute Gasteiger partial charge is 0.558 e. The normalized spacial score (nSPS) is 23.1. The highest BCUT2D eigenvalue weighted by Gasteiger charge is 2.39. The van der Waals surface area contributed by atoms with Gasteiger partial charge in [-0.25, -0.2) is 0 Å². The maximum Gasteiger partial charge on any atom is 0.323 e. The maximum absolute atomic E-state index is 12.0. The quantitative estimate of drug-likeness (QED) is 0.384. The molecule has 0 aliphatic carbocycles. The van der Waals surface area contributed by atoms with Crippen molar-refractivity contribution in [2.45, 2.75) is 32.3 Å². The van der Waals surface area contributed by atoms with Crippen molar-refractivity contribution in [1.29, 1.82) is 5.41 Å². The molecule has 1 aromatic rings. The molecule has 20 heavy (non-hydrogen) atoms. The number of rotatable bonds is 5. The van der Waals surface area contributed by atoms with Gasteiger partial charge in [-0.05, 0) is 24.8 Å². The van der Waals surface area contributed by atoms with Gasteiger partial charge in [0.2, 0.25) is 0 Å². The molecule has 0 spiro atoms. The molecule has 0 saturated carbocycles. The lowest BCUT2D eigenvalue weighted by molar-refractivity contribution is -0.145. The highest BCUT2D eigenvalue weighted by atomic mass is 16.6. The van der Waals surface area contributed by atoms with Crippen LogP contribution in [0.5, 0.6) is 0 Å². The van der Waals surface area contributed by atoms with Crippen LogP contribution in [0.2, 0.25) is 0 Å². The number of esters is 1. The van der Waals surface area contributed by atoms with Crippen molar-refractivity contribution in [3.05, 3.63) is 35.9 Å². The molecule has 4 nitrogen and oxygen atoms in total. The molecule has 1 aliphatic rings. The van der Waals surface area contributed by atoms with Crippen LogP contribution in [0.15, 0.2) is 30.3 Å². The first-order valence-electron chi connectivity index (χ1n) is 7.02. The van der Waals surface area contributed by atoms with Gasteiger partial charge in [0.15, 0.2) is 5.90 Å². The van der Waals surface area contributed by atoms with E-state index in [9.17, 15) is 4.79 Å². The summed E-state index contributed by atoms with van der Waals surface area (Å²) in [6.45, 7) is 1.98. The molecule has 1 heterocycles. The Kier molecular flexibility index (Phi) is 4.82. The molecule has 2 unspecified atom stereocenters. The van der Waals surface area contributed by atoms with E-state index in [4.69, 9.17) is 14.8 Å². The molecule has 0 bridgehead atoms. The minimum Gasteiger partial charge on any atom is -0.558 e. The minimum absolute atomic E-state index is 0.110. The third-order valence-corrected chi connectivity index (χ3v) is 3.89. The second-order valence-electron chi connectivity index (χ2n) is 5.18. The van der Waals surface area contributed by atoms with Crippen LogP contribution in [0.4, 0.5) is 0 Å². The Morgan fingerprint density at radius 3 is 2.80 bits per heavy atom. The van der Waals surface area contributed by atoms with Crippen LogP contribution in [-0.2, 0) is 20.6 Å². The topological polar surface area (TPSA) is 59.4 Å². The first-order chi connectivity index (χ1) is 9.65. The average molecular weight is 273 g/mol. The zero-order chi connectivity index (χ0) is 14.5. The van der Waals surface area contributed by atoms with Crippen LogP contribution in [0.25, 0.3) is 0 Å². The third kappa shape index (κ3) is 3.21. The summed E-state index contributed by atoms with van der Waals surface area (Å²) in [5, 5.41) is 7.80. The molecule has 106 valence electrons. The van der Waals surface area contributed by atoms with Gasteiger partial charge in [-0.2, -0.15) is 0 Å². The molecule has 2 rings (SSSR count). The first-order valence-corrected chi connectivity index (χ1v) is 7.02. The van der Waals surface area contributed by atoms with Gasteiger partial charge in [0.05, 0.1) is 11.8 Å². The van der Waals surface area contributed by atoms with E-state index in [1.54, 1.807) is 0 Å². The number of benzene rings is 1. The van der Waals surface area contributed by atoms with Gasteiger partial charge in [0.25, 0.3) is 0 Å². The van der Waals surface area contributed by atoms with Crippen molar-refractivity contribution in [1.82, 2.24) is 0 Å². The molecule has 5 heteroatoms. The van der Waals surface area contributed by atoms with Gasteiger partial charge in [-0.1, -0.05) is 37.3 Å². The van der Waals surface area contributed by atoms with E-state index in [0.29, 0.717) is 12.8 Å². The van der Waals surface area contributed by atoms with Crippen molar-refractivity contribution >= 4 is 19.9 Å². The number of carbonyl (C=O) groups is 1. The summed E-state index contributed by atoms with van der Waals surface area (Å²) in [6.07, 6.45) is 1.88. The number of hydrogen-bond acceptors (Lipinski definition) is 4. The fraction of sp³-hybridized carbons (Fsp3) is 0.467. The molecule has 1 fully saturated rings. The number of nitrogens with one attached hydrogen (secondary N) is 1. The average Bonchev–Trinajstić information content (AvgIpc) is 2.81. The zero-order valence-electron chi connectivity index (χ0n) is 12.0. The number of ether oxygens (including phenoxy) is 1. The maximum atomic E-state index is 12.0. The SMILES string of the molecule is BOC(=N)C(CC)[C@@H]1CC(Cc2ccccc2)C(=O)O1. The number of hydrogen-bond donors (Lipinski definition) is 1. The van der Waals surface area contributed by atoms with Gasteiger partial charge < -0.3 is 9.39 Å². The van der Waals surface area contributed by atoms with E-state index in [-0.39, 0.29) is 29.8 Å². The number of cyclic esters (lactones) is 1. The Morgan fingerprint density at radius 2 is 2.20 bits per heavy atom. The summed E-state index contributed by atoms with van der Waals surface area (Å²) < 4.78 is 10.5. The van der Waals surface area contributed by atoms with Crippen LogP contribution in [0.3, 0.4) is 0 Å². The fourth-order valence-corrected chi connectivity index (χ4v) is 2.75. The fourth-order valence-electron chi connectivity index (χ4n) is 2.75. The minimum atomic E-state index is -0.228. The predicted molar refractivity (Wildman–Crippen MR) is 79.3 cm³/mol. The molecular formula is C15H20BNO3. The van der Waals surface area contributed by atoms with Gasteiger partial charge in [0, 0.05) is 0 Å². The molecule has 0 radical (unpaired) electrons. The van der Waals surface area contributed by atoms with Gasteiger partial charge >= 0.3 is 14.0 Å². The van der Waals surface area contributed by atoms with Gasteiger partial charge in [0.1, 0.15) is 6.10 Å². The highest BCUT2D eigenvalue weighted by Crippen LogP contribution is 2.31. The second-order valence-corrected chi connectivity index (χ2v) is 5.18. The van der Waals surface area contributed by atoms with E-state index in [0.717, 1.165) is 12.0 Å². The van der Waals surface area contributed by atoms with Crippen molar-refractivity contribution < 1.29 is 14.2 Å². The Labute approximate surface area is 120 Å². The van der Waals surface area contributed by atoms with Gasteiger partial charge in [-0.3, -0.25) is 10.2 Å². The molecular weight excluding hydrogens is 253 g/mol. The Bertz CT molecular complexity index is 477. The Hall–Kier alpha value is -1.78. The van der Waals surface area contributed by atoms with Gasteiger partial charge in [-0.15, -0.1) is 0 Å². The van der Waals surface area contributed by atoms with Crippen LogP contribution < -0.4 is 0 Å². The molecule has 1 aliphatic heterocycles. The summed E-state index contributed by atoms with van der Waals surface area (Å²) in [6, 6.07) is 9.96. The standard InChI is InChI=1S/C15H20BNO3/c1-2-12(14(17)20-16)13-9-11(15(18)19-13)8-10-6-4-3-5-7-10/h3-7,11-13,17H,2,8-9,16H2,1H3/t11?,12?,13-/m0/s1. The monoisotopic (exact) mass is 273 g/mol. The lowest BCUT2D eigenvalue weighted by Crippen LogP contribution is -2.28. The second kappa shape index (κ2) is 6.59. The van der Waals surface area contributed by atoms with Crippen LogP contribution in [0, 0.1) is 17.2 Å². The Balaban J connectivity index is 2.01. The third-order valence-electron chi connectivity index (χ3n) is 3.89. The summed E-state index contributed by atoms with van der Waals surface area (Å²) in [7, 11) is 1.49. The summed E-state index contributed by atoms with van der Waals surface area (Å²) in [5.74, 6) is -0.197. The van der Waals surface area contributed by atoms with Crippen LogP contribution >= 0.6 is 0 Å². The van der Waals surface area contributed by atoms with Crippen molar-refractivity contribution in [2.75, 3.05) is 0 Å². The van der Waals surface area contributed by atoms with Crippen molar-refractivity contribution in [3.8, 4) is 0 Å². The zero-order valence-corrected chi connectivity index (χ0v) is 12.0. The van der Waals surface area contributed by atoms with Crippen molar-refractivity contribution in [2.24, 2.45) is 11.8 Å². The van der Waals surface area contributed by atoms with Crippen molar-refractivity contribution in [3.63, 3.8) is 0 Å². The molecule has 0 amide bonds. The summed E-state index contributed by atoms with van der Waals surface area (Å²) in [5.41, 5.74) is 1.14. The molecule has 0 aromatic heterocycles. The van der Waals surface area contributed by atoms with E-state index >= 15 is 0 Å². The molecule has 3 atom stereocenters. The van der Waals surface area contributed by atoms with Crippen LogP contribution in [-0.4, -0.2) is 26.0 Å². The summed E-state index contributed by atoms with van der Waals surface area (Å²) in [4.78, 5) is 12.0. The highest BCUT2D eigenvalue weighted by molar-refractivity contribution is 6.06. The van der Waals surface area contributed by atoms with E-state index in [1.807, 2.05) is 37.3 Å². The number of carbonyl (C=O) groups excluding carboxylic acids is 1. The van der Waals surface area contributed by atoms with E-state index < -0.39 is 0 Å². The molecule has 1 N–H and O–H groups in total. The predicted octanol–water partition coefficient (Wildman–Crippen LogP) is 1.73. The summed E-state index contributed by atoms with van der Waals surface area (Å²) >= 11 is 0.